The second-order valence-electron chi connectivity index (χ2n) is 6.25. The van der Waals surface area contributed by atoms with E-state index in [4.69, 9.17) is 4.74 Å². The van der Waals surface area contributed by atoms with Crippen LogP contribution in [0.1, 0.15) is 42.1 Å². The lowest BCUT2D eigenvalue weighted by Crippen LogP contribution is -2.38. The maximum atomic E-state index is 13.8. The topological polar surface area (TPSA) is 45.6 Å². The second kappa shape index (κ2) is 11.9. The number of aliphatic imine (C=N–C) groups is 1. The van der Waals surface area contributed by atoms with Crippen LogP contribution in [0, 0.1) is 12.7 Å². The maximum absolute atomic E-state index is 13.8. The van der Waals surface area contributed by atoms with E-state index >= 15 is 0 Å². The summed E-state index contributed by atoms with van der Waals surface area (Å²) in [6.07, 6.45) is 0. The van der Waals surface area contributed by atoms with E-state index in [9.17, 15) is 4.39 Å². The lowest BCUT2D eigenvalue weighted by molar-refractivity contribution is 0.134. The maximum Gasteiger partial charge on any atom is 0.191 e. The molecule has 0 aliphatic carbocycles. The Morgan fingerprint density at radius 1 is 1.15 bits per heavy atom. The van der Waals surface area contributed by atoms with E-state index in [-0.39, 0.29) is 35.8 Å². The van der Waals surface area contributed by atoms with Gasteiger partial charge in [-0.25, -0.2) is 4.39 Å². The minimum Gasteiger partial charge on any atom is -0.377 e. The Hall–Kier alpha value is -1.67. The Labute approximate surface area is 178 Å². The van der Waals surface area contributed by atoms with Crippen LogP contribution in [-0.2, 0) is 17.9 Å². The average molecular weight is 485 g/mol. The molecule has 0 aromatic heterocycles. The van der Waals surface area contributed by atoms with Crippen molar-refractivity contribution in [3.63, 3.8) is 0 Å². The third-order valence-electron chi connectivity index (χ3n) is 4.23. The molecule has 27 heavy (non-hydrogen) atoms. The average Bonchev–Trinajstić information content (AvgIpc) is 2.66. The number of halogens is 2. The molecular formula is C21H29FIN3O. The third-order valence-corrected chi connectivity index (χ3v) is 4.23. The van der Waals surface area contributed by atoms with Crippen LogP contribution in [0.15, 0.2) is 47.5 Å². The summed E-state index contributed by atoms with van der Waals surface area (Å²) < 4.78 is 19.2. The minimum atomic E-state index is -0.189. The standard InChI is InChI=1S/C21H28FN3O.HI/c1-5-26-14-18-9-7-17(8-10-18)13-24-21(23-4)25-16(3)19-11-6-15(2)20(22)12-19;/h6-12,16H,5,13-14H2,1-4H3,(H2,23,24,25);1H. The molecule has 0 amide bonds. The molecule has 0 heterocycles. The number of rotatable bonds is 7. The fourth-order valence-corrected chi connectivity index (χ4v) is 2.52. The Bertz CT molecular complexity index is 735. The van der Waals surface area contributed by atoms with Gasteiger partial charge in [-0.05, 0) is 49.1 Å². The summed E-state index contributed by atoms with van der Waals surface area (Å²) >= 11 is 0. The van der Waals surface area contributed by atoms with Crippen molar-refractivity contribution in [1.29, 1.82) is 0 Å². The zero-order chi connectivity index (χ0) is 18.9. The van der Waals surface area contributed by atoms with Crippen molar-refractivity contribution in [3.05, 3.63) is 70.5 Å². The fraction of sp³-hybridized carbons (Fsp3) is 0.381. The Morgan fingerprint density at radius 2 is 1.81 bits per heavy atom. The summed E-state index contributed by atoms with van der Waals surface area (Å²) in [6, 6.07) is 13.5. The van der Waals surface area contributed by atoms with Crippen molar-refractivity contribution in [3.8, 4) is 0 Å². The normalized spacial score (nSPS) is 12.3. The number of aryl methyl sites for hydroxylation is 1. The van der Waals surface area contributed by atoms with Gasteiger partial charge < -0.3 is 15.4 Å². The highest BCUT2D eigenvalue weighted by atomic mass is 127. The lowest BCUT2D eigenvalue weighted by Gasteiger charge is -2.19. The van der Waals surface area contributed by atoms with E-state index in [1.807, 2.05) is 19.9 Å². The highest BCUT2D eigenvalue weighted by molar-refractivity contribution is 14.0. The zero-order valence-corrected chi connectivity index (χ0v) is 18.7. The molecule has 0 radical (unpaired) electrons. The molecule has 2 rings (SSSR count). The summed E-state index contributed by atoms with van der Waals surface area (Å²) in [5, 5.41) is 6.58. The summed E-state index contributed by atoms with van der Waals surface area (Å²) in [6.45, 7) is 7.75. The zero-order valence-electron chi connectivity index (χ0n) is 16.4. The molecule has 2 N–H and O–H groups in total. The lowest BCUT2D eigenvalue weighted by atomic mass is 10.1. The summed E-state index contributed by atoms with van der Waals surface area (Å²) in [5.74, 6) is 0.489. The molecule has 2 aromatic carbocycles. The van der Waals surface area contributed by atoms with Crippen LogP contribution in [0.25, 0.3) is 0 Å². The minimum absolute atomic E-state index is 0. The molecule has 0 saturated carbocycles. The van der Waals surface area contributed by atoms with Crippen LogP contribution in [0.3, 0.4) is 0 Å². The number of hydrogen-bond donors (Lipinski definition) is 2. The first-order valence-electron chi connectivity index (χ1n) is 8.92. The van der Waals surface area contributed by atoms with Gasteiger partial charge in [-0.1, -0.05) is 36.4 Å². The van der Waals surface area contributed by atoms with Crippen LogP contribution in [0.2, 0.25) is 0 Å². The van der Waals surface area contributed by atoms with E-state index in [1.54, 1.807) is 26.1 Å². The number of ether oxygens (including phenoxy) is 1. The molecular weight excluding hydrogens is 456 g/mol. The first kappa shape index (κ1) is 23.4. The quantitative estimate of drug-likeness (QED) is 0.339. The molecule has 1 unspecified atom stereocenters. The fourth-order valence-electron chi connectivity index (χ4n) is 2.52. The highest BCUT2D eigenvalue weighted by Crippen LogP contribution is 2.16. The van der Waals surface area contributed by atoms with E-state index < -0.39 is 0 Å². The van der Waals surface area contributed by atoms with E-state index in [0.717, 1.165) is 16.7 Å². The van der Waals surface area contributed by atoms with Crippen molar-refractivity contribution in [2.75, 3.05) is 13.7 Å². The largest absolute Gasteiger partial charge is 0.377 e. The van der Waals surface area contributed by atoms with Crippen LogP contribution < -0.4 is 10.6 Å². The molecule has 1 atom stereocenters. The van der Waals surface area contributed by atoms with Gasteiger partial charge in [0.05, 0.1) is 12.6 Å². The van der Waals surface area contributed by atoms with E-state index in [2.05, 4.69) is 39.9 Å². The third kappa shape index (κ3) is 7.46. The van der Waals surface area contributed by atoms with Gasteiger partial charge in [0.1, 0.15) is 5.82 Å². The van der Waals surface area contributed by atoms with E-state index in [0.29, 0.717) is 31.3 Å². The highest BCUT2D eigenvalue weighted by Gasteiger charge is 2.09. The number of benzene rings is 2. The predicted molar refractivity (Wildman–Crippen MR) is 120 cm³/mol. The molecule has 0 aliphatic rings. The number of guanidine groups is 1. The summed E-state index contributed by atoms with van der Waals surface area (Å²) in [4.78, 5) is 4.25. The molecule has 0 aliphatic heterocycles. The van der Waals surface area contributed by atoms with Crippen molar-refractivity contribution < 1.29 is 9.13 Å². The first-order chi connectivity index (χ1) is 12.5. The molecule has 6 heteroatoms. The van der Waals surface area contributed by atoms with Crippen LogP contribution in [-0.4, -0.2) is 19.6 Å². The van der Waals surface area contributed by atoms with Crippen molar-refractivity contribution in [2.24, 2.45) is 4.99 Å². The Balaban J connectivity index is 0.00000364. The molecule has 148 valence electrons. The monoisotopic (exact) mass is 485 g/mol. The van der Waals surface area contributed by atoms with Gasteiger partial charge >= 0.3 is 0 Å². The van der Waals surface area contributed by atoms with Crippen LogP contribution >= 0.6 is 24.0 Å². The van der Waals surface area contributed by atoms with Gasteiger partial charge in [-0.15, -0.1) is 24.0 Å². The molecule has 4 nitrogen and oxygen atoms in total. The van der Waals surface area contributed by atoms with Crippen LogP contribution in [0.4, 0.5) is 4.39 Å². The summed E-state index contributed by atoms with van der Waals surface area (Å²) in [7, 11) is 1.73. The van der Waals surface area contributed by atoms with E-state index in [1.165, 1.54) is 0 Å². The Morgan fingerprint density at radius 3 is 2.41 bits per heavy atom. The first-order valence-corrected chi connectivity index (χ1v) is 8.92. The number of nitrogens with one attached hydrogen (secondary N) is 2. The van der Waals surface area contributed by atoms with Gasteiger partial charge in [0.25, 0.3) is 0 Å². The van der Waals surface area contributed by atoms with Crippen molar-refractivity contribution in [2.45, 2.75) is 40.0 Å². The SMILES string of the molecule is CCOCc1ccc(CNC(=NC)NC(C)c2ccc(C)c(F)c2)cc1.I. The molecule has 0 spiro atoms. The van der Waals surface area contributed by atoms with Gasteiger partial charge in [0.2, 0.25) is 0 Å². The van der Waals surface area contributed by atoms with Gasteiger partial charge in [0.15, 0.2) is 5.96 Å². The molecule has 0 fully saturated rings. The smallest absolute Gasteiger partial charge is 0.191 e. The second-order valence-corrected chi connectivity index (χ2v) is 6.25. The number of nitrogens with zero attached hydrogens (tertiary/aromatic N) is 1. The van der Waals surface area contributed by atoms with Gasteiger partial charge in [-0.3, -0.25) is 4.99 Å². The van der Waals surface area contributed by atoms with Gasteiger partial charge in [0, 0.05) is 20.2 Å². The molecule has 2 aromatic rings. The van der Waals surface area contributed by atoms with Gasteiger partial charge in [-0.2, -0.15) is 0 Å². The van der Waals surface area contributed by atoms with Crippen molar-refractivity contribution in [1.82, 2.24) is 10.6 Å². The summed E-state index contributed by atoms with van der Waals surface area (Å²) in [5.41, 5.74) is 3.85. The molecule has 0 bridgehead atoms. The van der Waals surface area contributed by atoms with Crippen molar-refractivity contribution >= 4 is 29.9 Å². The number of hydrogen-bond acceptors (Lipinski definition) is 2. The Kier molecular flexibility index (Phi) is 10.3. The van der Waals surface area contributed by atoms with Crippen LogP contribution in [0.5, 0.6) is 0 Å². The molecule has 0 saturated heterocycles. The predicted octanol–water partition coefficient (Wildman–Crippen LogP) is 4.71.